The minimum Gasteiger partial charge on any atom is -0.325 e. The minimum absolute atomic E-state index is 0.0716. The summed E-state index contributed by atoms with van der Waals surface area (Å²) in [7, 11) is 0. The van der Waals surface area contributed by atoms with E-state index in [-0.39, 0.29) is 5.91 Å². The molecule has 1 atom stereocenters. The van der Waals surface area contributed by atoms with Gasteiger partial charge in [0.1, 0.15) is 12.2 Å². The van der Waals surface area contributed by atoms with Crippen molar-refractivity contribution in [3.05, 3.63) is 60.7 Å². The van der Waals surface area contributed by atoms with Gasteiger partial charge in [-0.05, 0) is 11.6 Å². The molecule has 1 unspecified atom stereocenters. The first-order valence-electron chi connectivity index (χ1n) is 6.96. The normalized spacial score (nSPS) is 16.5. The molecule has 3 heterocycles. The monoisotopic (exact) mass is 291 g/mol. The van der Waals surface area contributed by atoms with Crippen LogP contribution in [0.5, 0.6) is 0 Å². The maximum Gasteiger partial charge on any atom is 0.238 e. The molecule has 0 saturated heterocycles. The SMILES string of the molecule is C=CCn1cc2c(C3C(=O)Nc4ccccc43)ncnc2n1. The Morgan fingerprint density at radius 1 is 1.32 bits per heavy atom. The number of anilines is 1. The molecule has 0 aliphatic carbocycles. The molecule has 108 valence electrons. The number of aromatic nitrogens is 4. The van der Waals surface area contributed by atoms with Crippen molar-refractivity contribution < 1.29 is 4.79 Å². The second kappa shape index (κ2) is 4.77. The van der Waals surface area contributed by atoms with Gasteiger partial charge in [0.25, 0.3) is 0 Å². The summed E-state index contributed by atoms with van der Waals surface area (Å²) in [5.74, 6) is -0.499. The van der Waals surface area contributed by atoms with E-state index in [1.165, 1.54) is 6.33 Å². The number of amides is 1. The number of benzene rings is 1. The Kier molecular flexibility index (Phi) is 2.75. The first-order valence-corrected chi connectivity index (χ1v) is 6.96. The van der Waals surface area contributed by atoms with Gasteiger partial charge in [0.15, 0.2) is 5.65 Å². The molecular formula is C16H13N5O. The van der Waals surface area contributed by atoms with Crippen LogP contribution in [-0.4, -0.2) is 25.7 Å². The van der Waals surface area contributed by atoms with Gasteiger partial charge in [-0.25, -0.2) is 9.97 Å². The number of allylic oxidation sites excluding steroid dienone is 1. The lowest BCUT2D eigenvalue weighted by molar-refractivity contribution is -0.116. The zero-order valence-electron chi connectivity index (χ0n) is 11.7. The van der Waals surface area contributed by atoms with Crippen LogP contribution in [0.25, 0.3) is 11.0 Å². The van der Waals surface area contributed by atoms with Gasteiger partial charge in [-0.1, -0.05) is 24.3 Å². The summed E-state index contributed by atoms with van der Waals surface area (Å²) in [6.45, 7) is 4.29. The fourth-order valence-electron chi connectivity index (χ4n) is 2.84. The van der Waals surface area contributed by atoms with E-state index in [1.54, 1.807) is 10.8 Å². The van der Waals surface area contributed by atoms with Gasteiger partial charge < -0.3 is 5.32 Å². The molecule has 3 aromatic rings. The summed E-state index contributed by atoms with van der Waals surface area (Å²) in [4.78, 5) is 20.9. The Hall–Kier alpha value is -3.02. The predicted molar refractivity (Wildman–Crippen MR) is 82.4 cm³/mol. The van der Waals surface area contributed by atoms with E-state index in [1.807, 2.05) is 30.5 Å². The molecule has 2 aromatic heterocycles. The van der Waals surface area contributed by atoms with Gasteiger partial charge in [0.2, 0.25) is 5.91 Å². The number of nitrogens with zero attached hydrogens (tertiary/aromatic N) is 4. The molecule has 0 spiro atoms. The average Bonchev–Trinajstić information content (AvgIpc) is 3.07. The van der Waals surface area contributed by atoms with Crippen molar-refractivity contribution in [1.29, 1.82) is 0 Å². The zero-order chi connectivity index (χ0) is 15.1. The van der Waals surface area contributed by atoms with Crippen LogP contribution in [0.4, 0.5) is 5.69 Å². The fraction of sp³-hybridized carbons (Fsp3) is 0.125. The van der Waals surface area contributed by atoms with E-state index in [4.69, 9.17) is 0 Å². The number of hydrogen-bond donors (Lipinski definition) is 1. The molecule has 1 aliphatic heterocycles. The maximum atomic E-state index is 12.4. The highest BCUT2D eigenvalue weighted by Gasteiger charge is 2.34. The van der Waals surface area contributed by atoms with Gasteiger partial charge >= 0.3 is 0 Å². The molecule has 22 heavy (non-hydrogen) atoms. The fourth-order valence-corrected chi connectivity index (χ4v) is 2.84. The largest absolute Gasteiger partial charge is 0.325 e. The van der Waals surface area contributed by atoms with Crippen LogP contribution in [0.1, 0.15) is 17.2 Å². The number of carbonyl (C=O) groups excluding carboxylic acids is 1. The summed E-state index contributed by atoms with van der Waals surface area (Å²) in [6, 6.07) is 7.66. The van der Waals surface area contributed by atoms with Crippen molar-refractivity contribution >= 4 is 22.6 Å². The number of para-hydroxylation sites is 1. The van der Waals surface area contributed by atoms with Crippen molar-refractivity contribution in [2.75, 3.05) is 5.32 Å². The van der Waals surface area contributed by atoms with Crippen molar-refractivity contribution in [3.63, 3.8) is 0 Å². The van der Waals surface area contributed by atoms with Gasteiger partial charge in [0.05, 0.1) is 17.6 Å². The number of hydrogen-bond acceptors (Lipinski definition) is 4. The molecule has 1 N–H and O–H groups in total. The van der Waals surface area contributed by atoms with Gasteiger partial charge in [0, 0.05) is 11.9 Å². The molecular weight excluding hydrogens is 278 g/mol. The summed E-state index contributed by atoms with van der Waals surface area (Å²) in [6.07, 6.45) is 5.08. The van der Waals surface area contributed by atoms with E-state index in [9.17, 15) is 4.79 Å². The lowest BCUT2D eigenvalue weighted by atomic mass is 9.95. The molecule has 6 nitrogen and oxygen atoms in total. The molecule has 1 aromatic carbocycles. The second-order valence-corrected chi connectivity index (χ2v) is 5.15. The van der Waals surface area contributed by atoms with Crippen LogP contribution >= 0.6 is 0 Å². The summed E-state index contributed by atoms with van der Waals surface area (Å²) < 4.78 is 1.74. The quantitative estimate of drug-likeness (QED) is 0.750. The maximum absolute atomic E-state index is 12.4. The first kappa shape index (κ1) is 12.7. The third kappa shape index (κ3) is 1.81. The van der Waals surface area contributed by atoms with E-state index in [0.717, 1.165) is 16.6 Å². The summed E-state index contributed by atoms with van der Waals surface area (Å²) in [5, 5.41) is 8.07. The highest BCUT2D eigenvalue weighted by molar-refractivity contribution is 6.06. The molecule has 0 saturated carbocycles. The highest BCUT2D eigenvalue weighted by atomic mass is 16.2. The van der Waals surface area contributed by atoms with Crippen molar-refractivity contribution in [3.8, 4) is 0 Å². The van der Waals surface area contributed by atoms with Crippen molar-refractivity contribution in [1.82, 2.24) is 19.7 Å². The second-order valence-electron chi connectivity index (χ2n) is 5.15. The summed E-state index contributed by atoms with van der Waals surface area (Å²) in [5.41, 5.74) is 3.04. The molecule has 1 amide bonds. The van der Waals surface area contributed by atoms with E-state index >= 15 is 0 Å². The molecule has 4 rings (SSSR count). The van der Waals surface area contributed by atoms with Crippen LogP contribution in [0.2, 0.25) is 0 Å². The average molecular weight is 291 g/mol. The third-order valence-corrected chi connectivity index (χ3v) is 3.78. The van der Waals surface area contributed by atoms with Crippen LogP contribution in [-0.2, 0) is 11.3 Å². The van der Waals surface area contributed by atoms with Crippen molar-refractivity contribution in [2.45, 2.75) is 12.5 Å². The van der Waals surface area contributed by atoms with Crippen LogP contribution in [0.3, 0.4) is 0 Å². The Balaban J connectivity index is 1.91. The van der Waals surface area contributed by atoms with Crippen LogP contribution in [0, 0.1) is 0 Å². The van der Waals surface area contributed by atoms with Crippen LogP contribution in [0.15, 0.2) is 49.4 Å². The molecule has 0 radical (unpaired) electrons. The lowest BCUT2D eigenvalue weighted by Crippen LogP contribution is -2.14. The highest BCUT2D eigenvalue weighted by Crippen LogP contribution is 2.37. The van der Waals surface area contributed by atoms with E-state index < -0.39 is 5.92 Å². The van der Waals surface area contributed by atoms with E-state index in [2.05, 4.69) is 27.0 Å². The van der Waals surface area contributed by atoms with E-state index in [0.29, 0.717) is 17.9 Å². The third-order valence-electron chi connectivity index (χ3n) is 3.78. The molecule has 1 aliphatic rings. The Labute approximate surface area is 126 Å². The Bertz CT molecular complexity index is 898. The number of carbonyl (C=O) groups is 1. The van der Waals surface area contributed by atoms with Gasteiger partial charge in [-0.2, -0.15) is 5.10 Å². The number of nitrogens with one attached hydrogen (secondary N) is 1. The van der Waals surface area contributed by atoms with Gasteiger partial charge in [-0.15, -0.1) is 6.58 Å². The zero-order valence-corrected chi connectivity index (χ0v) is 11.7. The van der Waals surface area contributed by atoms with Crippen LogP contribution < -0.4 is 5.32 Å². The number of fused-ring (bicyclic) bond motifs is 2. The Morgan fingerprint density at radius 3 is 3.05 bits per heavy atom. The number of rotatable bonds is 3. The Morgan fingerprint density at radius 2 is 2.18 bits per heavy atom. The van der Waals surface area contributed by atoms with Gasteiger partial charge in [-0.3, -0.25) is 9.48 Å². The molecule has 0 fully saturated rings. The smallest absolute Gasteiger partial charge is 0.238 e. The summed E-state index contributed by atoms with van der Waals surface area (Å²) >= 11 is 0. The standard InChI is InChI=1S/C16H13N5O/c1-2-7-21-8-11-14(17-9-18-15(11)20-21)13-10-5-3-4-6-12(10)19-16(13)22/h2-6,8-9,13H,1,7H2,(H,19,22). The minimum atomic E-state index is -0.428. The topological polar surface area (TPSA) is 72.7 Å². The first-order chi connectivity index (χ1) is 10.8. The van der Waals surface area contributed by atoms with Crippen molar-refractivity contribution in [2.24, 2.45) is 0 Å². The molecule has 0 bridgehead atoms. The molecule has 6 heteroatoms. The predicted octanol–water partition coefficient (Wildman–Crippen LogP) is 2.10. The lowest BCUT2D eigenvalue weighted by Gasteiger charge is -2.08.